The van der Waals surface area contributed by atoms with Crippen molar-refractivity contribution in [2.24, 2.45) is 5.92 Å². The molecule has 1 saturated heterocycles. The smallest absolute Gasteiger partial charge is 0.223 e. The Morgan fingerprint density at radius 2 is 1.97 bits per heavy atom. The zero-order valence-electron chi connectivity index (χ0n) is 18.8. The van der Waals surface area contributed by atoms with E-state index in [2.05, 4.69) is 25.6 Å². The van der Waals surface area contributed by atoms with Crippen molar-refractivity contribution in [3.8, 4) is 22.6 Å². The molecule has 0 unspecified atom stereocenters. The van der Waals surface area contributed by atoms with E-state index >= 15 is 0 Å². The van der Waals surface area contributed by atoms with Crippen LogP contribution in [0.4, 0.5) is 10.3 Å². The highest BCUT2D eigenvalue weighted by atomic mass is 19.1. The Kier molecular flexibility index (Phi) is 7.78. The van der Waals surface area contributed by atoms with Crippen molar-refractivity contribution in [2.75, 3.05) is 38.2 Å². The summed E-state index contributed by atoms with van der Waals surface area (Å²) in [5.41, 5.74) is 2.58. The fourth-order valence-corrected chi connectivity index (χ4v) is 3.54. The summed E-state index contributed by atoms with van der Waals surface area (Å²) in [5, 5.41) is 14.8. The quantitative estimate of drug-likeness (QED) is 0.372. The third-order valence-corrected chi connectivity index (χ3v) is 5.21. The van der Waals surface area contributed by atoms with E-state index in [0.717, 1.165) is 5.56 Å². The number of hydrogen-bond donors (Lipinski definition) is 4. The molecule has 0 spiro atoms. The number of nitrogens with zero attached hydrogens (tertiary/aromatic N) is 3. The van der Waals surface area contributed by atoms with Gasteiger partial charge >= 0.3 is 0 Å². The second-order valence-electron chi connectivity index (χ2n) is 7.93. The first-order valence-corrected chi connectivity index (χ1v) is 11.0. The van der Waals surface area contributed by atoms with Crippen LogP contribution < -0.4 is 10.6 Å². The van der Waals surface area contributed by atoms with Crippen molar-refractivity contribution in [2.45, 2.75) is 19.6 Å². The zero-order chi connectivity index (χ0) is 23.9. The van der Waals surface area contributed by atoms with Gasteiger partial charge in [0.15, 0.2) is 6.29 Å². The summed E-state index contributed by atoms with van der Waals surface area (Å²) >= 11 is 0. The van der Waals surface area contributed by atoms with E-state index in [1.807, 2.05) is 0 Å². The molecule has 180 valence electrons. The van der Waals surface area contributed by atoms with Crippen LogP contribution in [0.15, 0.2) is 36.5 Å². The minimum atomic E-state index is -0.485. The summed E-state index contributed by atoms with van der Waals surface area (Å²) in [5.74, 6) is 0.669. The van der Waals surface area contributed by atoms with Crippen LogP contribution in [0.1, 0.15) is 12.7 Å². The van der Waals surface area contributed by atoms with Crippen molar-refractivity contribution in [1.82, 2.24) is 25.3 Å². The van der Waals surface area contributed by atoms with Crippen LogP contribution in [0.2, 0.25) is 0 Å². The second kappa shape index (κ2) is 11.1. The standard InChI is InChI=1S/C23H27FN6O4/c1-14(32)27-11-15-12-33-20(34-13-15)10-19-29-21(16-2-4-17(24)5-3-16)22(30-19)18-6-7-25-23(28-18)26-8-9-31/h2-7,15,20,31H,8-13H2,1H3,(H,27,32)(H,29,30)(H,25,26,28). The lowest BCUT2D eigenvalue weighted by atomic mass is 10.1. The molecule has 4 N–H and O–H groups in total. The number of carbonyl (C=O) groups excluding carboxylic acids is 1. The third-order valence-electron chi connectivity index (χ3n) is 5.21. The number of benzene rings is 1. The molecule has 1 aromatic carbocycles. The molecule has 0 radical (unpaired) electrons. The molecule has 0 aliphatic carbocycles. The van der Waals surface area contributed by atoms with Crippen molar-refractivity contribution in [3.63, 3.8) is 0 Å². The molecule has 1 amide bonds. The Morgan fingerprint density at radius 1 is 1.21 bits per heavy atom. The van der Waals surface area contributed by atoms with Gasteiger partial charge < -0.3 is 30.2 Å². The van der Waals surface area contributed by atoms with Gasteiger partial charge in [-0.1, -0.05) is 0 Å². The van der Waals surface area contributed by atoms with Gasteiger partial charge in [0, 0.05) is 37.7 Å². The largest absolute Gasteiger partial charge is 0.395 e. The molecule has 4 rings (SSSR count). The third kappa shape index (κ3) is 6.13. The SMILES string of the molecule is CC(=O)NCC1COC(Cc2nc(-c3ccc(F)cc3)c(-c3ccnc(NCCO)n3)[nH]2)OC1. The van der Waals surface area contributed by atoms with Gasteiger partial charge in [0.25, 0.3) is 0 Å². The van der Waals surface area contributed by atoms with Crippen LogP contribution in [0.3, 0.4) is 0 Å². The van der Waals surface area contributed by atoms with Crippen molar-refractivity contribution < 1.29 is 23.8 Å². The van der Waals surface area contributed by atoms with Gasteiger partial charge in [-0.2, -0.15) is 0 Å². The normalized spacial score (nSPS) is 18.0. The zero-order valence-corrected chi connectivity index (χ0v) is 18.8. The number of hydrogen-bond acceptors (Lipinski definition) is 8. The minimum absolute atomic E-state index is 0.0459. The molecule has 1 aliphatic heterocycles. The first-order chi connectivity index (χ1) is 16.5. The molecule has 34 heavy (non-hydrogen) atoms. The maximum Gasteiger partial charge on any atom is 0.223 e. The molecule has 0 bridgehead atoms. The molecule has 0 saturated carbocycles. The summed E-state index contributed by atoms with van der Waals surface area (Å²) in [7, 11) is 0. The predicted molar refractivity (Wildman–Crippen MR) is 122 cm³/mol. The maximum absolute atomic E-state index is 13.5. The van der Waals surface area contributed by atoms with Gasteiger partial charge in [-0.3, -0.25) is 4.79 Å². The fourth-order valence-electron chi connectivity index (χ4n) is 3.54. The van der Waals surface area contributed by atoms with Crippen LogP contribution in [0.25, 0.3) is 22.6 Å². The average molecular weight is 471 g/mol. The molecular formula is C23H27FN6O4. The summed E-state index contributed by atoms with van der Waals surface area (Å²) in [6.45, 7) is 3.19. The van der Waals surface area contributed by atoms with Gasteiger partial charge in [0.1, 0.15) is 11.6 Å². The second-order valence-corrected chi connectivity index (χ2v) is 7.93. The number of aromatic amines is 1. The number of aliphatic hydroxyl groups is 1. The highest BCUT2D eigenvalue weighted by molar-refractivity contribution is 5.77. The van der Waals surface area contributed by atoms with E-state index in [1.54, 1.807) is 24.4 Å². The fraction of sp³-hybridized carbons (Fsp3) is 0.391. The maximum atomic E-state index is 13.5. The lowest BCUT2D eigenvalue weighted by Gasteiger charge is -2.29. The Labute approximate surface area is 196 Å². The number of rotatable bonds is 9. The number of amides is 1. The molecule has 3 heterocycles. The molecule has 11 heteroatoms. The molecule has 0 atom stereocenters. The molecule has 2 aromatic heterocycles. The highest BCUT2D eigenvalue weighted by Gasteiger charge is 2.25. The average Bonchev–Trinajstić information content (AvgIpc) is 3.26. The Bertz CT molecular complexity index is 1100. The van der Waals surface area contributed by atoms with Gasteiger partial charge in [0.05, 0.1) is 43.3 Å². The molecule has 1 fully saturated rings. The number of nitrogens with one attached hydrogen (secondary N) is 3. The number of ether oxygens (including phenoxy) is 2. The van der Waals surface area contributed by atoms with Crippen molar-refractivity contribution in [3.05, 3.63) is 48.2 Å². The summed E-state index contributed by atoms with van der Waals surface area (Å²) < 4.78 is 25.2. The Balaban J connectivity index is 1.54. The Hall–Kier alpha value is -3.41. The monoisotopic (exact) mass is 470 g/mol. The summed E-state index contributed by atoms with van der Waals surface area (Å²) in [6.07, 6.45) is 1.50. The van der Waals surface area contributed by atoms with Gasteiger partial charge in [-0.15, -0.1) is 0 Å². The van der Waals surface area contributed by atoms with E-state index in [1.165, 1.54) is 19.1 Å². The highest BCUT2D eigenvalue weighted by Crippen LogP contribution is 2.30. The van der Waals surface area contributed by atoms with Crippen LogP contribution in [-0.4, -0.2) is 70.1 Å². The van der Waals surface area contributed by atoms with Crippen molar-refractivity contribution in [1.29, 1.82) is 0 Å². The first kappa shape index (κ1) is 23.7. The van der Waals surface area contributed by atoms with E-state index < -0.39 is 6.29 Å². The van der Waals surface area contributed by atoms with E-state index in [4.69, 9.17) is 19.6 Å². The number of H-pyrrole nitrogens is 1. The number of aromatic nitrogens is 4. The van der Waals surface area contributed by atoms with Crippen LogP contribution in [0, 0.1) is 11.7 Å². The lowest BCUT2D eigenvalue weighted by molar-refractivity contribution is -0.198. The van der Waals surface area contributed by atoms with Gasteiger partial charge in [-0.25, -0.2) is 19.3 Å². The predicted octanol–water partition coefficient (Wildman–Crippen LogP) is 1.74. The number of aliphatic hydroxyl groups excluding tert-OH is 1. The van der Waals surface area contributed by atoms with Gasteiger partial charge in [-0.05, 0) is 30.3 Å². The van der Waals surface area contributed by atoms with Gasteiger partial charge in [0.2, 0.25) is 11.9 Å². The van der Waals surface area contributed by atoms with Crippen molar-refractivity contribution >= 4 is 11.9 Å². The van der Waals surface area contributed by atoms with E-state index in [9.17, 15) is 9.18 Å². The van der Waals surface area contributed by atoms with E-state index in [-0.39, 0.29) is 24.2 Å². The molecule has 3 aromatic rings. The van der Waals surface area contributed by atoms with Crippen LogP contribution in [-0.2, 0) is 20.7 Å². The van der Waals surface area contributed by atoms with E-state index in [0.29, 0.717) is 61.6 Å². The Morgan fingerprint density at radius 3 is 2.68 bits per heavy atom. The molecule has 1 aliphatic rings. The van der Waals surface area contributed by atoms with Crippen LogP contribution in [0.5, 0.6) is 0 Å². The topological polar surface area (TPSA) is 134 Å². The first-order valence-electron chi connectivity index (χ1n) is 11.0. The summed E-state index contributed by atoms with van der Waals surface area (Å²) in [6, 6.07) is 7.82. The number of carbonyl (C=O) groups is 1. The number of anilines is 1. The summed E-state index contributed by atoms with van der Waals surface area (Å²) in [4.78, 5) is 27.8. The minimum Gasteiger partial charge on any atom is -0.395 e. The lowest BCUT2D eigenvalue weighted by Crippen LogP contribution is -2.39. The number of halogens is 1. The molecule has 10 nitrogen and oxygen atoms in total. The van der Waals surface area contributed by atoms with Crippen LogP contribution >= 0.6 is 0 Å². The number of imidazole rings is 1. The molecular weight excluding hydrogens is 443 g/mol.